The Labute approximate surface area is 95.2 Å². The maximum Gasteiger partial charge on any atom is 0.0763 e. The SMILES string of the molecule is CC1CN(CC(O)CBr)CC(C)N1C. The molecule has 3 unspecified atom stereocenters. The second kappa shape index (κ2) is 5.45. The quantitative estimate of drug-likeness (QED) is 0.763. The molecule has 3 nitrogen and oxygen atoms in total. The highest BCUT2D eigenvalue weighted by molar-refractivity contribution is 9.09. The van der Waals surface area contributed by atoms with Crippen LogP contribution in [0.1, 0.15) is 13.8 Å². The van der Waals surface area contributed by atoms with Crippen molar-refractivity contribution in [3.63, 3.8) is 0 Å². The van der Waals surface area contributed by atoms with Gasteiger partial charge in [0.15, 0.2) is 0 Å². The van der Waals surface area contributed by atoms with Crippen LogP contribution in [0.5, 0.6) is 0 Å². The molecule has 0 aromatic rings. The Bertz CT molecular complexity index is 165. The first-order valence-corrected chi connectivity index (χ1v) is 6.35. The number of piperazine rings is 1. The third-order valence-electron chi connectivity index (χ3n) is 3.08. The summed E-state index contributed by atoms with van der Waals surface area (Å²) in [6.07, 6.45) is -0.238. The van der Waals surface area contributed by atoms with Gasteiger partial charge in [-0.3, -0.25) is 9.80 Å². The highest BCUT2D eigenvalue weighted by Gasteiger charge is 2.27. The van der Waals surface area contributed by atoms with Crippen molar-refractivity contribution in [2.45, 2.75) is 32.0 Å². The van der Waals surface area contributed by atoms with Gasteiger partial charge in [0.2, 0.25) is 0 Å². The molecule has 1 aliphatic heterocycles. The summed E-state index contributed by atoms with van der Waals surface area (Å²) in [5, 5.41) is 10.2. The predicted molar refractivity (Wildman–Crippen MR) is 62.9 cm³/mol. The maximum atomic E-state index is 9.55. The van der Waals surface area contributed by atoms with E-state index in [2.05, 4.69) is 46.6 Å². The van der Waals surface area contributed by atoms with Crippen LogP contribution >= 0.6 is 15.9 Å². The minimum atomic E-state index is -0.238. The van der Waals surface area contributed by atoms with Crippen molar-refractivity contribution in [1.82, 2.24) is 9.80 Å². The van der Waals surface area contributed by atoms with Gasteiger partial charge in [0.1, 0.15) is 0 Å². The minimum absolute atomic E-state index is 0.238. The molecule has 1 fully saturated rings. The summed E-state index contributed by atoms with van der Waals surface area (Å²) >= 11 is 3.30. The van der Waals surface area contributed by atoms with Gasteiger partial charge >= 0.3 is 0 Å². The fourth-order valence-electron chi connectivity index (χ4n) is 2.01. The second-order valence-corrected chi connectivity index (χ2v) is 5.04. The summed E-state index contributed by atoms with van der Waals surface area (Å²) < 4.78 is 0. The summed E-state index contributed by atoms with van der Waals surface area (Å²) in [5.74, 6) is 0. The van der Waals surface area contributed by atoms with Crippen molar-refractivity contribution < 1.29 is 5.11 Å². The molecule has 0 aromatic carbocycles. The molecule has 0 aromatic heterocycles. The first kappa shape index (κ1) is 12.4. The van der Waals surface area contributed by atoms with Crippen LogP contribution in [-0.4, -0.2) is 65.1 Å². The Hall–Kier alpha value is 0.360. The third kappa shape index (κ3) is 3.19. The molecular weight excluding hydrogens is 244 g/mol. The van der Waals surface area contributed by atoms with Crippen LogP contribution < -0.4 is 0 Å². The molecule has 0 spiro atoms. The smallest absolute Gasteiger partial charge is 0.0763 e. The molecule has 0 aliphatic carbocycles. The van der Waals surface area contributed by atoms with E-state index in [-0.39, 0.29) is 6.10 Å². The summed E-state index contributed by atoms with van der Waals surface area (Å²) in [5.41, 5.74) is 0. The maximum absolute atomic E-state index is 9.55. The lowest BCUT2D eigenvalue weighted by Gasteiger charge is -2.42. The summed E-state index contributed by atoms with van der Waals surface area (Å²) in [6, 6.07) is 1.17. The molecular formula is C10H21BrN2O. The molecule has 3 atom stereocenters. The normalized spacial score (nSPS) is 33.2. The molecule has 0 radical (unpaired) electrons. The van der Waals surface area contributed by atoms with Crippen molar-refractivity contribution in [2.75, 3.05) is 32.0 Å². The van der Waals surface area contributed by atoms with Crippen LogP contribution in [0.15, 0.2) is 0 Å². The zero-order valence-corrected chi connectivity index (χ0v) is 10.9. The van der Waals surface area contributed by atoms with Crippen LogP contribution in [0.3, 0.4) is 0 Å². The topological polar surface area (TPSA) is 26.7 Å². The van der Waals surface area contributed by atoms with E-state index in [0.29, 0.717) is 17.4 Å². The average Bonchev–Trinajstić information content (AvgIpc) is 2.14. The summed E-state index contributed by atoms with van der Waals surface area (Å²) in [6.45, 7) is 7.38. The summed E-state index contributed by atoms with van der Waals surface area (Å²) in [4.78, 5) is 4.75. The van der Waals surface area contributed by atoms with Crippen molar-refractivity contribution >= 4 is 15.9 Å². The molecule has 84 valence electrons. The van der Waals surface area contributed by atoms with Crippen LogP contribution in [0.4, 0.5) is 0 Å². The van der Waals surface area contributed by atoms with Gasteiger partial charge in [-0.15, -0.1) is 0 Å². The molecule has 0 saturated carbocycles. The van der Waals surface area contributed by atoms with Crippen LogP contribution in [-0.2, 0) is 0 Å². The monoisotopic (exact) mass is 264 g/mol. The number of halogens is 1. The van der Waals surface area contributed by atoms with Gasteiger partial charge in [-0.2, -0.15) is 0 Å². The molecule has 0 bridgehead atoms. The van der Waals surface area contributed by atoms with Gasteiger partial charge in [-0.25, -0.2) is 0 Å². The molecule has 1 N–H and O–H groups in total. The van der Waals surface area contributed by atoms with E-state index in [4.69, 9.17) is 0 Å². The number of likely N-dealkylation sites (N-methyl/N-ethyl adjacent to an activating group) is 1. The Morgan fingerprint density at radius 1 is 1.36 bits per heavy atom. The highest BCUT2D eigenvalue weighted by Crippen LogP contribution is 2.13. The van der Waals surface area contributed by atoms with E-state index < -0.39 is 0 Å². The fraction of sp³-hybridized carbons (Fsp3) is 1.00. The standard InChI is InChI=1S/C10H21BrN2O/c1-8-5-13(7-10(14)4-11)6-9(2)12(8)3/h8-10,14H,4-7H2,1-3H3. The fourth-order valence-corrected chi connectivity index (χ4v) is 2.21. The molecule has 4 heteroatoms. The highest BCUT2D eigenvalue weighted by atomic mass is 79.9. The number of hydrogen-bond acceptors (Lipinski definition) is 3. The van der Waals surface area contributed by atoms with Crippen LogP contribution in [0, 0.1) is 0 Å². The third-order valence-corrected chi connectivity index (χ3v) is 3.83. The molecule has 14 heavy (non-hydrogen) atoms. The lowest BCUT2D eigenvalue weighted by atomic mass is 10.1. The number of aliphatic hydroxyl groups excluding tert-OH is 1. The first-order valence-electron chi connectivity index (χ1n) is 5.23. The van der Waals surface area contributed by atoms with Crippen molar-refractivity contribution in [2.24, 2.45) is 0 Å². The van der Waals surface area contributed by atoms with E-state index in [0.717, 1.165) is 19.6 Å². The van der Waals surface area contributed by atoms with Gasteiger partial charge in [0, 0.05) is 37.0 Å². The van der Waals surface area contributed by atoms with E-state index in [9.17, 15) is 5.11 Å². The number of rotatable bonds is 3. The Kier molecular flexibility index (Phi) is 4.83. The zero-order valence-electron chi connectivity index (χ0n) is 9.28. The lowest BCUT2D eigenvalue weighted by Crippen LogP contribution is -2.56. The molecule has 1 rings (SSSR count). The summed E-state index contributed by atoms with van der Waals surface area (Å²) in [7, 11) is 2.17. The molecule has 0 amide bonds. The predicted octanol–water partition coefficient (Wildman–Crippen LogP) is 0.767. The van der Waals surface area contributed by atoms with Crippen LogP contribution in [0.2, 0.25) is 0 Å². The molecule has 1 heterocycles. The second-order valence-electron chi connectivity index (χ2n) is 4.39. The molecule has 1 aliphatic rings. The largest absolute Gasteiger partial charge is 0.391 e. The number of alkyl halides is 1. The van der Waals surface area contributed by atoms with Gasteiger partial charge in [-0.05, 0) is 20.9 Å². The lowest BCUT2D eigenvalue weighted by molar-refractivity contribution is 0.0343. The Morgan fingerprint density at radius 2 is 1.86 bits per heavy atom. The first-order chi connectivity index (χ1) is 6.54. The van der Waals surface area contributed by atoms with Gasteiger partial charge in [0.05, 0.1) is 6.10 Å². The number of hydrogen-bond donors (Lipinski definition) is 1. The number of β-amino-alcohol motifs (C(OH)–C–C–N with tert-alkyl or cyclic N) is 1. The number of nitrogens with zero attached hydrogens (tertiary/aromatic N) is 2. The van der Waals surface area contributed by atoms with E-state index in [1.54, 1.807) is 0 Å². The van der Waals surface area contributed by atoms with Gasteiger partial charge < -0.3 is 5.11 Å². The van der Waals surface area contributed by atoms with Gasteiger partial charge in [0.25, 0.3) is 0 Å². The molecule has 1 saturated heterocycles. The van der Waals surface area contributed by atoms with Crippen molar-refractivity contribution in [3.8, 4) is 0 Å². The number of aliphatic hydroxyl groups is 1. The Balaban J connectivity index is 2.41. The van der Waals surface area contributed by atoms with Crippen molar-refractivity contribution in [1.29, 1.82) is 0 Å². The minimum Gasteiger partial charge on any atom is -0.391 e. The van der Waals surface area contributed by atoms with Crippen LogP contribution in [0.25, 0.3) is 0 Å². The average molecular weight is 265 g/mol. The Morgan fingerprint density at radius 3 is 2.29 bits per heavy atom. The van der Waals surface area contributed by atoms with Crippen molar-refractivity contribution in [3.05, 3.63) is 0 Å². The van der Waals surface area contributed by atoms with E-state index in [1.807, 2.05) is 0 Å². The van der Waals surface area contributed by atoms with E-state index >= 15 is 0 Å². The van der Waals surface area contributed by atoms with E-state index in [1.165, 1.54) is 0 Å². The van der Waals surface area contributed by atoms with Gasteiger partial charge in [-0.1, -0.05) is 15.9 Å². The zero-order chi connectivity index (χ0) is 10.7.